The van der Waals surface area contributed by atoms with E-state index < -0.39 is 0 Å². The Labute approximate surface area is 112 Å². The SMILES string of the molecule is CCCOC1CCCN(C2CCCCCC2N)C1. The Kier molecular flexibility index (Phi) is 5.93. The van der Waals surface area contributed by atoms with Crippen LogP contribution < -0.4 is 5.73 Å². The molecule has 18 heavy (non-hydrogen) atoms. The van der Waals surface area contributed by atoms with Crippen LogP contribution in [0.15, 0.2) is 0 Å². The van der Waals surface area contributed by atoms with Gasteiger partial charge in [0.2, 0.25) is 0 Å². The lowest BCUT2D eigenvalue weighted by molar-refractivity contribution is -0.0167. The number of rotatable bonds is 4. The van der Waals surface area contributed by atoms with Gasteiger partial charge in [-0.15, -0.1) is 0 Å². The molecule has 2 rings (SSSR count). The minimum atomic E-state index is 0.387. The molecule has 1 aliphatic heterocycles. The van der Waals surface area contributed by atoms with E-state index in [1.807, 2.05) is 0 Å². The number of nitrogens with two attached hydrogens (primary N) is 1. The summed E-state index contributed by atoms with van der Waals surface area (Å²) in [5.74, 6) is 0. The van der Waals surface area contributed by atoms with E-state index in [-0.39, 0.29) is 0 Å². The lowest BCUT2D eigenvalue weighted by Gasteiger charge is -2.40. The highest BCUT2D eigenvalue weighted by atomic mass is 16.5. The normalized spacial score (nSPS) is 35.3. The molecule has 1 aliphatic carbocycles. The van der Waals surface area contributed by atoms with Crippen LogP contribution in [0.1, 0.15) is 58.3 Å². The molecule has 0 bridgehead atoms. The van der Waals surface area contributed by atoms with Crippen molar-refractivity contribution < 1.29 is 4.74 Å². The molecule has 3 unspecified atom stereocenters. The van der Waals surface area contributed by atoms with Crippen LogP contribution in [-0.2, 0) is 4.74 Å². The highest BCUT2D eigenvalue weighted by molar-refractivity contribution is 4.87. The van der Waals surface area contributed by atoms with Gasteiger partial charge in [-0.1, -0.05) is 26.2 Å². The maximum absolute atomic E-state index is 6.37. The van der Waals surface area contributed by atoms with Gasteiger partial charge in [-0.3, -0.25) is 4.90 Å². The second-order valence-corrected chi connectivity index (χ2v) is 6.00. The van der Waals surface area contributed by atoms with E-state index in [0.29, 0.717) is 18.2 Å². The van der Waals surface area contributed by atoms with Gasteiger partial charge in [0.05, 0.1) is 6.10 Å². The van der Waals surface area contributed by atoms with Crippen molar-refractivity contribution in [2.24, 2.45) is 5.73 Å². The third kappa shape index (κ3) is 3.94. The molecule has 2 aliphatic rings. The molecule has 1 saturated carbocycles. The summed E-state index contributed by atoms with van der Waals surface area (Å²) in [6.07, 6.45) is 10.6. The third-order valence-electron chi connectivity index (χ3n) is 4.47. The highest BCUT2D eigenvalue weighted by Gasteiger charge is 2.30. The zero-order chi connectivity index (χ0) is 12.8. The van der Waals surface area contributed by atoms with Gasteiger partial charge in [0.1, 0.15) is 0 Å². The maximum Gasteiger partial charge on any atom is 0.0702 e. The molecule has 0 amide bonds. The van der Waals surface area contributed by atoms with E-state index in [9.17, 15) is 0 Å². The summed E-state index contributed by atoms with van der Waals surface area (Å²) in [6.45, 7) is 5.43. The van der Waals surface area contributed by atoms with Crippen LogP contribution in [0.25, 0.3) is 0 Å². The van der Waals surface area contributed by atoms with Crippen molar-refractivity contribution in [2.45, 2.75) is 76.5 Å². The number of hydrogen-bond donors (Lipinski definition) is 1. The average molecular weight is 254 g/mol. The Morgan fingerprint density at radius 1 is 1.11 bits per heavy atom. The Morgan fingerprint density at radius 3 is 2.78 bits per heavy atom. The van der Waals surface area contributed by atoms with E-state index in [0.717, 1.165) is 19.6 Å². The Hall–Kier alpha value is -0.120. The van der Waals surface area contributed by atoms with Crippen LogP contribution >= 0.6 is 0 Å². The molecule has 0 aromatic heterocycles. The predicted octanol–water partition coefficient (Wildman–Crippen LogP) is 2.54. The van der Waals surface area contributed by atoms with Crippen molar-refractivity contribution in [3.63, 3.8) is 0 Å². The molecule has 3 atom stereocenters. The second kappa shape index (κ2) is 7.46. The molecule has 0 radical (unpaired) electrons. The Balaban J connectivity index is 1.86. The fourth-order valence-electron chi connectivity index (χ4n) is 3.46. The fourth-order valence-corrected chi connectivity index (χ4v) is 3.46. The van der Waals surface area contributed by atoms with Gasteiger partial charge in [-0.2, -0.15) is 0 Å². The van der Waals surface area contributed by atoms with Crippen LogP contribution in [0.4, 0.5) is 0 Å². The minimum Gasteiger partial charge on any atom is -0.377 e. The van der Waals surface area contributed by atoms with Gasteiger partial charge in [0.15, 0.2) is 0 Å². The Morgan fingerprint density at radius 2 is 1.94 bits per heavy atom. The summed E-state index contributed by atoms with van der Waals surface area (Å²) in [5, 5.41) is 0. The number of hydrogen-bond acceptors (Lipinski definition) is 3. The van der Waals surface area contributed by atoms with E-state index in [1.165, 1.54) is 51.5 Å². The standard InChI is InChI=1S/C15H30N2O/c1-2-11-18-13-7-6-10-17(12-13)15-9-5-3-4-8-14(15)16/h13-15H,2-12,16H2,1H3. The molecule has 3 nitrogen and oxygen atoms in total. The first-order chi connectivity index (χ1) is 8.81. The van der Waals surface area contributed by atoms with Crippen LogP contribution in [0.5, 0.6) is 0 Å². The van der Waals surface area contributed by atoms with Crippen LogP contribution in [0.2, 0.25) is 0 Å². The Bertz CT molecular complexity index is 235. The molecule has 2 fully saturated rings. The first-order valence-corrected chi connectivity index (χ1v) is 7.92. The summed E-state index contributed by atoms with van der Waals surface area (Å²) in [5.41, 5.74) is 6.37. The van der Waals surface area contributed by atoms with Crippen molar-refractivity contribution in [3.05, 3.63) is 0 Å². The largest absolute Gasteiger partial charge is 0.377 e. The topological polar surface area (TPSA) is 38.5 Å². The summed E-state index contributed by atoms with van der Waals surface area (Å²) >= 11 is 0. The zero-order valence-corrected chi connectivity index (χ0v) is 11.9. The smallest absolute Gasteiger partial charge is 0.0702 e. The molecular formula is C15H30N2O. The minimum absolute atomic E-state index is 0.387. The first-order valence-electron chi connectivity index (χ1n) is 7.92. The van der Waals surface area contributed by atoms with Gasteiger partial charge in [-0.25, -0.2) is 0 Å². The fraction of sp³-hybridized carbons (Fsp3) is 1.00. The van der Waals surface area contributed by atoms with Crippen molar-refractivity contribution in [1.29, 1.82) is 0 Å². The van der Waals surface area contributed by atoms with Crippen molar-refractivity contribution >= 4 is 0 Å². The predicted molar refractivity (Wildman–Crippen MR) is 75.7 cm³/mol. The lowest BCUT2D eigenvalue weighted by Crippen LogP contribution is -2.52. The van der Waals surface area contributed by atoms with Gasteiger partial charge >= 0.3 is 0 Å². The molecular weight excluding hydrogens is 224 g/mol. The number of piperidine rings is 1. The number of ether oxygens (including phenoxy) is 1. The van der Waals surface area contributed by atoms with Crippen molar-refractivity contribution in [3.8, 4) is 0 Å². The average Bonchev–Trinajstić information content (AvgIpc) is 2.61. The van der Waals surface area contributed by atoms with Gasteiger partial charge in [-0.05, 0) is 38.6 Å². The quantitative estimate of drug-likeness (QED) is 0.784. The molecule has 1 saturated heterocycles. The van der Waals surface area contributed by atoms with Crippen molar-refractivity contribution in [1.82, 2.24) is 4.90 Å². The van der Waals surface area contributed by atoms with Crippen LogP contribution in [-0.4, -0.2) is 42.8 Å². The van der Waals surface area contributed by atoms with E-state index in [2.05, 4.69) is 11.8 Å². The lowest BCUT2D eigenvalue weighted by atomic mass is 9.98. The van der Waals surface area contributed by atoms with Gasteiger partial charge < -0.3 is 10.5 Å². The number of nitrogens with zero attached hydrogens (tertiary/aromatic N) is 1. The first kappa shape index (κ1) is 14.3. The molecule has 0 aromatic carbocycles. The molecule has 3 heteroatoms. The molecule has 106 valence electrons. The zero-order valence-electron chi connectivity index (χ0n) is 11.9. The van der Waals surface area contributed by atoms with Gasteiger partial charge in [0.25, 0.3) is 0 Å². The van der Waals surface area contributed by atoms with Gasteiger partial charge in [0, 0.05) is 25.2 Å². The summed E-state index contributed by atoms with van der Waals surface area (Å²) in [6, 6.07) is 0.998. The molecule has 2 N–H and O–H groups in total. The monoisotopic (exact) mass is 254 g/mol. The summed E-state index contributed by atoms with van der Waals surface area (Å²) < 4.78 is 5.94. The summed E-state index contributed by atoms with van der Waals surface area (Å²) in [7, 11) is 0. The second-order valence-electron chi connectivity index (χ2n) is 6.00. The maximum atomic E-state index is 6.37. The van der Waals surface area contributed by atoms with E-state index >= 15 is 0 Å². The van der Waals surface area contributed by atoms with E-state index in [4.69, 9.17) is 10.5 Å². The van der Waals surface area contributed by atoms with E-state index in [1.54, 1.807) is 0 Å². The highest BCUT2D eigenvalue weighted by Crippen LogP contribution is 2.25. The summed E-state index contributed by atoms with van der Waals surface area (Å²) in [4.78, 5) is 2.62. The molecule has 1 heterocycles. The third-order valence-corrected chi connectivity index (χ3v) is 4.47. The molecule has 0 aromatic rings. The number of likely N-dealkylation sites (tertiary alicyclic amines) is 1. The van der Waals surface area contributed by atoms with Crippen LogP contribution in [0, 0.1) is 0 Å². The molecule has 0 spiro atoms. The van der Waals surface area contributed by atoms with Crippen molar-refractivity contribution in [2.75, 3.05) is 19.7 Å². The van der Waals surface area contributed by atoms with Crippen LogP contribution in [0.3, 0.4) is 0 Å².